The molecule has 2 aliphatic rings. The van der Waals surface area contributed by atoms with E-state index in [0.717, 1.165) is 23.5 Å². The van der Waals surface area contributed by atoms with Crippen LogP contribution < -0.4 is 15.1 Å². The van der Waals surface area contributed by atoms with Crippen molar-refractivity contribution in [3.8, 4) is 11.1 Å². The van der Waals surface area contributed by atoms with Crippen LogP contribution >= 0.6 is 0 Å². The van der Waals surface area contributed by atoms with Crippen LogP contribution in [0.5, 0.6) is 0 Å². The van der Waals surface area contributed by atoms with Crippen LogP contribution in [0.15, 0.2) is 42.6 Å². The number of nitrogens with one attached hydrogen (secondary N) is 2. The lowest BCUT2D eigenvalue weighted by atomic mass is 10.00. The highest BCUT2D eigenvalue weighted by molar-refractivity contribution is 5.90. The second kappa shape index (κ2) is 7.95. The second-order valence-electron chi connectivity index (χ2n) is 7.89. The Hall–Kier alpha value is -3.95. The molecule has 32 heavy (non-hydrogen) atoms. The summed E-state index contributed by atoms with van der Waals surface area (Å²) >= 11 is 0. The molecule has 0 radical (unpaired) electrons. The van der Waals surface area contributed by atoms with Crippen molar-refractivity contribution in [2.45, 2.75) is 26.1 Å². The summed E-state index contributed by atoms with van der Waals surface area (Å²) in [5.41, 5.74) is 3.91. The molecule has 164 valence electrons. The zero-order chi connectivity index (χ0) is 22.2. The number of benzene rings is 2. The van der Waals surface area contributed by atoms with Crippen LogP contribution in [0.2, 0.25) is 0 Å². The maximum atomic E-state index is 15.1. The summed E-state index contributed by atoms with van der Waals surface area (Å²) in [6.07, 6.45) is 0.645. The Morgan fingerprint density at radius 2 is 2.09 bits per heavy atom. The molecule has 2 aromatic carbocycles. The molecule has 5 rings (SSSR count). The molecule has 1 aromatic heterocycles. The summed E-state index contributed by atoms with van der Waals surface area (Å²) in [6.45, 7) is 3.26. The van der Waals surface area contributed by atoms with Crippen LogP contribution in [0.1, 0.15) is 18.1 Å². The van der Waals surface area contributed by atoms with Gasteiger partial charge in [-0.25, -0.2) is 9.18 Å². The minimum absolute atomic E-state index is 0.201. The van der Waals surface area contributed by atoms with Crippen molar-refractivity contribution in [3.05, 3.63) is 59.5 Å². The van der Waals surface area contributed by atoms with E-state index in [2.05, 4.69) is 25.6 Å². The van der Waals surface area contributed by atoms with Crippen molar-refractivity contribution in [3.63, 3.8) is 0 Å². The van der Waals surface area contributed by atoms with Crippen molar-refractivity contribution < 1.29 is 18.7 Å². The lowest BCUT2D eigenvalue weighted by molar-refractivity contribution is -0.119. The number of hydrogen-bond donors (Lipinski definition) is 2. The van der Waals surface area contributed by atoms with Crippen molar-refractivity contribution in [1.82, 2.24) is 20.7 Å². The van der Waals surface area contributed by atoms with Gasteiger partial charge in [0.25, 0.3) is 0 Å². The number of carbonyl (C=O) groups excluding carboxylic acids is 2. The van der Waals surface area contributed by atoms with E-state index >= 15 is 4.39 Å². The molecule has 2 aliphatic heterocycles. The number of rotatable bonds is 5. The van der Waals surface area contributed by atoms with Crippen LogP contribution in [-0.2, 0) is 22.6 Å². The maximum Gasteiger partial charge on any atom is 0.414 e. The van der Waals surface area contributed by atoms with Crippen LogP contribution in [0.4, 0.5) is 20.7 Å². The third-order valence-corrected chi connectivity index (χ3v) is 5.68. The highest BCUT2D eigenvalue weighted by Crippen LogP contribution is 2.33. The van der Waals surface area contributed by atoms with Gasteiger partial charge in [-0.05, 0) is 41.0 Å². The summed E-state index contributed by atoms with van der Waals surface area (Å²) < 4.78 is 20.3. The predicted molar refractivity (Wildman–Crippen MR) is 114 cm³/mol. The minimum Gasteiger partial charge on any atom is -0.442 e. The Labute approximate surface area is 183 Å². The SMILES string of the molecule is CC(=O)NCC1CN(c2ccc(-c3ccc4c(c3)CN(c3cn[nH]n3)C4)c(F)c2)C(=O)O1. The molecule has 3 heterocycles. The number of hydrogen-bond acceptors (Lipinski definition) is 6. The summed E-state index contributed by atoms with van der Waals surface area (Å²) in [5, 5.41) is 13.2. The molecule has 9 nitrogen and oxygen atoms in total. The maximum absolute atomic E-state index is 15.1. The van der Waals surface area contributed by atoms with Crippen LogP contribution in [0, 0.1) is 5.82 Å². The molecule has 0 spiro atoms. The number of anilines is 2. The van der Waals surface area contributed by atoms with Crippen molar-refractivity contribution in [1.29, 1.82) is 0 Å². The van der Waals surface area contributed by atoms with E-state index < -0.39 is 18.0 Å². The van der Waals surface area contributed by atoms with Gasteiger partial charge in [0, 0.05) is 25.6 Å². The van der Waals surface area contributed by atoms with E-state index in [1.165, 1.54) is 23.5 Å². The van der Waals surface area contributed by atoms with E-state index in [9.17, 15) is 9.59 Å². The largest absolute Gasteiger partial charge is 0.442 e. The van der Waals surface area contributed by atoms with E-state index in [0.29, 0.717) is 17.8 Å². The third-order valence-electron chi connectivity index (χ3n) is 5.68. The fraction of sp³-hybridized carbons (Fsp3) is 0.273. The number of cyclic esters (lactones) is 1. The van der Waals surface area contributed by atoms with Gasteiger partial charge in [-0.2, -0.15) is 10.3 Å². The van der Waals surface area contributed by atoms with Crippen LogP contribution in [0.3, 0.4) is 0 Å². The van der Waals surface area contributed by atoms with Gasteiger partial charge in [-0.15, -0.1) is 5.10 Å². The van der Waals surface area contributed by atoms with Crippen molar-refractivity contribution in [2.75, 3.05) is 22.9 Å². The van der Waals surface area contributed by atoms with Crippen LogP contribution in [-0.4, -0.2) is 46.6 Å². The Morgan fingerprint density at radius 3 is 2.84 bits per heavy atom. The Balaban J connectivity index is 1.33. The summed E-state index contributed by atoms with van der Waals surface area (Å²) in [4.78, 5) is 26.7. The molecule has 10 heteroatoms. The molecule has 1 saturated heterocycles. The molecule has 1 unspecified atom stereocenters. The molecule has 0 saturated carbocycles. The van der Waals surface area contributed by atoms with Crippen molar-refractivity contribution in [2.24, 2.45) is 0 Å². The fourth-order valence-electron chi connectivity index (χ4n) is 4.07. The standard InChI is InChI=1S/C22H21FN6O3/c1-13(30)24-8-18-12-29(22(31)32-18)17-4-5-19(20(23)7-17)14-2-3-15-10-28(11-16(15)6-14)21-9-25-27-26-21/h2-7,9,18H,8,10-12H2,1H3,(H,24,30)(H,25,26,27). The number of H-pyrrole nitrogens is 1. The lowest BCUT2D eigenvalue weighted by Gasteiger charge is -2.15. The van der Waals surface area contributed by atoms with E-state index in [1.807, 2.05) is 18.2 Å². The molecule has 3 aromatic rings. The first-order valence-corrected chi connectivity index (χ1v) is 10.2. The Kier molecular flexibility index (Phi) is 4.96. The lowest BCUT2D eigenvalue weighted by Crippen LogP contribution is -2.33. The van der Waals surface area contributed by atoms with Gasteiger partial charge in [0.1, 0.15) is 11.9 Å². The molecule has 1 atom stereocenters. The van der Waals surface area contributed by atoms with Gasteiger partial charge < -0.3 is 15.0 Å². The Morgan fingerprint density at radius 1 is 1.25 bits per heavy atom. The molecule has 1 fully saturated rings. The molecule has 0 aliphatic carbocycles. The van der Waals surface area contributed by atoms with Gasteiger partial charge >= 0.3 is 6.09 Å². The smallest absolute Gasteiger partial charge is 0.414 e. The fourth-order valence-corrected chi connectivity index (χ4v) is 4.07. The summed E-state index contributed by atoms with van der Waals surface area (Å²) in [6, 6.07) is 10.6. The Bertz CT molecular complexity index is 1180. The van der Waals surface area contributed by atoms with Gasteiger partial charge in [-0.3, -0.25) is 9.69 Å². The molecular formula is C22H21FN6O3. The monoisotopic (exact) mass is 436 g/mol. The highest BCUT2D eigenvalue weighted by atomic mass is 19.1. The van der Waals surface area contributed by atoms with Gasteiger partial charge in [0.05, 0.1) is 25.0 Å². The van der Waals surface area contributed by atoms with E-state index in [-0.39, 0.29) is 19.0 Å². The van der Waals surface area contributed by atoms with E-state index in [4.69, 9.17) is 4.74 Å². The zero-order valence-electron chi connectivity index (χ0n) is 17.3. The van der Waals surface area contributed by atoms with Crippen molar-refractivity contribution >= 4 is 23.5 Å². The average molecular weight is 436 g/mol. The van der Waals surface area contributed by atoms with E-state index in [1.54, 1.807) is 18.3 Å². The number of aromatic nitrogens is 3. The second-order valence-corrected chi connectivity index (χ2v) is 7.89. The highest BCUT2D eigenvalue weighted by Gasteiger charge is 2.32. The first-order valence-electron chi connectivity index (χ1n) is 10.2. The number of halogens is 1. The average Bonchev–Trinajstić information content (AvgIpc) is 3.51. The normalized spacial score (nSPS) is 17.4. The number of carbonyl (C=O) groups is 2. The van der Waals surface area contributed by atoms with Crippen LogP contribution in [0.25, 0.3) is 11.1 Å². The zero-order valence-corrected chi connectivity index (χ0v) is 17.3. The third kappa shape index (κ3) is 3.75. The summed E-state index contributed by atoms with van der Waals surface area (Å²) in [7, 11) is 0. The number of fused-ring (bicyclic) bond motifs is 1. The molecular weight excluding hydrogens is 415 g/mol. The van der Waals surface area contributed by atoms with Gasteiger partial charge in [-0.1, -0.05) is 12.1 Å². The van der Waals surface area contributed by atoms with Gasteiger partial charge in [0.2, 0.25) is 5.91 Å². The minimum atomic E-state index is -0.557. The summed E-state index contributed by atoms with van der Waals surface area (Å²) in [5.74, 6) is 0.146. The number of nitrogens with zero attached hydrogens (tertiary/aromatic N) is 4. The number of aromatic amines is 1. The predicted octanol–water partition coefficient (Wildman–Crippen LogP) is 2.59. The first-order chi connectivity index (χ1) is 15.5. The first kappa shape index (κ1) is 20.0. The number of amides is 2. The quantitative estimate of drug-likeness (QED) is 0.637. The topological polar surface area (TPSA) is 103 Å². The molecule has 2 N–H and O–H groups in total. The van der Waals surface area contributed by atoms with Gasteiger partial charge in [0.15, 0.2) is 5.82 Å². The molecule has 0 bridgehead atoms. The number of ether oxygens (including phenoxy) is 1. The molecule has 2 amide bonds.